The van der Waals surface area contributed by atoms with Crippen molar-refractivity contribution in [2.75, 3.05) is 19.6 Å². The Morgan fingerprint density at radius 1 is 1.33 bits per heavy atom. The molecule has 1 fully saturated rings. The van der Waals surface area contributed by atoms with Crippen LogP contribution in [-0.4, -0.2) is 45.9 Å². The number of likely N-dealkylation sites (N-methyl/N-ethyl adjacent to an activating group) is 1. The van der Waals surface area contributed by atoms with E-state index in [1.807, 2.05) is 17.9 Å². The van der Waals surface area contributed by atoms with E-state index in [-0.39, 0.29) is 5.54 Å². The van der Waals surface area contributed by atoms with Crippen LogP contribution in [0.4, 0.5) is 0 Å². The first-order valence-electron chi connectivity index (χ1n) is 8.57. The maximum atomic E-state index is 4.29. The zero-order valence-corrected chi connectivity index (χ0v) is 14.2. The first-order valence-corrected chi connectivity index (χ1v) is 8.57. The van der Waals surface area contributed by atoms with Crippen LogP contribution in [0.1, 0.15) is 52.1 Å². The van der Waals surface area contributed by atoms with E-state index in [0.29, 0.717) is 6.04 Å². The highest BCUT2D eigenvalue weighted by atomic mass is 15.3. The summed E-state index contributed by atoms with van der Waals surface area (Å²) in [5, 5.41) is 8.05. The third-order valence-electron chi connectivity index (χ3n) is 5.36. The minimum absolute atomic E-state index is 0.269. The van der Waals surface area contributed by atoms with Crippen LogP contribution in [0.5, 0.6) is 0 Å². The fourth-order valence-electron chi connectivity index (χ4n) is 3.74. The zero-order chi connectivity index (χ0) is 15.3. The average molecular weight is 292 g/mol. The van der Waals surface area contributed by atoms with Gasteiger partial charge in [-0.3, -0.25) is 9.58 Å². The summed E-state index contributed by atoms with van der Waals surface area (Å²) < 4.78 is 2.00. The van der Waals surface area contributed by atoms with E-state index < -0.39 is 0 Å². The van der Waals surface area contributed by atoms with Crippen molar-refractivity contribution in [3.05, 3.63) is 18.0 Å². The molecule has 21 heavy (non-hydrogen) atoms. The van der Waals surface area contributed by atoms with Gasteiger partial charge in [0.05, 0.1) is 0 Å². The van der Waals surface area contributed by atoms with Crippen LogP contribution in [0.3, 0.4) is 0 Å². The summed E-state index contributed by atoms with van der Waals surface area (Å²) in [6, 6.07) is 2.68. The van der Waals surface area contributed by atoms with E-state index in [9.17, 15) is 0 Å². The smallest absolute Gasteiger partial charge is 0.0492 e. The first kappa shape index (κ1) is 16.5. The van der Waals surface area contributed by atoms with Crippen molar-refractivity contribution < 1.29 is 0 Å². The lowest BCUT2D eigenvalue weighted by Gasteiger charge is -2.45. The highest BCUT2D eigenvalue weighted by Crippen LogP contribution is 2.30. The third kappa shape index (κ3) is 3.67. The lowest BCUT2D eigenvalue weighted by Crippen LogP contribution is -2.58. The number of hydrogen-bond donors (Lipinski definition) is 1. The van der Waals surface area contributed by atoms with Crippen molar-refractivity contribution in [1.82, 2.24) is 20.0 Å². The van der Waals surface area contributed by atoms with Gasteiger partial charge in [0.2, 0.25) is 0 Å². The molecule has 1 saturated heterocycles. The van der Waals surface area contributed by atoms with Gasteiger partial charge in [-0.05, 0) is 64.7 Å². The monoisotopic (exact) mass is 292 g/mol. The van der Waals surface area contributed by atoms with Gasteiger partial charge in [-0.25, -0.2) is 0 Å². The number of hydrogen-bond acceptors (Lipinski definition) is 3. The largest absolute Gasteiger partial charge is 0.312 e. The Morgan fingerprint density at radius 3 is 2.57 bits per heavy atom. The average Bonchev–Trinajstić information content (AvgIpc) is 3.14. The summed E-state index contributed by atoms with van der Waals surface area (Å²) in [6.45, 7) is 10.6. The zero-order valence-electron chi connectivity index (χ0n) is 14.2. The molecule has 0 amide bonds. The number of rotatable bonds is 8. The van der Waals surface area contributed by atoms with Crippen molar-refractivity contribution in [1.29, 1.82) is 0 Å². The third-order valence-corrected chi connectivity index (χ3v) is 5.36. The van der Waals surface area contributed by atoms with Gasteiger partial charge in [-0.1, -0.05) is 13.8 Å². The molecule has 0 bridgehead atoms. The van der Waals surface area contributed by atoms with Gasteiger partial charge < -0.3 is 5.32 Å². The molecule has 120 valence electrons. The van der Waals surface area contributed by atoms with Crippen LogP contribution in [0.25, 0.3) is 0 Å². The van der Waals surface area contributed by atoms with Crippen LogP contribution in [0, 0.1) is 0 Å². The van der Waals surface area contributed by atoms with Gasteiger partial charge >= 0.3 is 0 Å². The molecule has 1 aromatic heterocycles. The lowest BCUT2D eigenvalue weighted by atomic mass is 9.84. The summed E-state index contributed by atoms with van der Waals surface area (Å²) in [5.74, 6) is 0. The van der Waals surface area contributed by atoms with Crippen LogP contribution in [0.2, 0.25) is 0 Å². The SMILES string of the molecule is CCNC(CCc1ccnn1C)C(C)(CC)N1CCCC1. The van der Waals surface area contributed by atoms with Gasteiger partial charge in [0.1, 0.15) is 0 Å². The predicted octanol–water partition coefficient (Wildman–Crippen LogP) is 2.60. The highest BCUT2D eigenvalue weighted by Gasteiger charge is 2.38. The molecule has 4 nitrogen and oxygen atoms in total. The molecule has 0 saturated carbocycles. The van der Waals surface area contributed by atoms with Crippen LogP contribution in [0.15, 0.2) is 12.3 Å². The van der Waals surface area contributed by atoms with Gasteiger partial charge in [0, 0.05) is 30.5 Å². The first-order chi connectivity index (χ1) is 10.1. The predicted molar refractivity (Wildman–Crippen MR) is 88.5 cm³/mol. The maximum absolute atomic E-state index is 4.29. The Kier molecular flexibility index (Phi) is 5.82. The molecule has 0 radical (unpaired) electrons. The fraction of sp³-hybridized carbons (Fsp3) is 0.824. The van der Waals surface area contributed by atoms with E-state index in [4.69, 9.17) is 0 Å². The maximum Gasteiger partial charge on any atom is 0.0492 e. The molecule has 1 aliphatic rings. The van der Waals surface area contributed by atoms with E-state index >= 15 is 0 Å². The minimum Gasteiger partial charge on any atom is -0.312 e. The second kappa shape index (κ2) is 7.41. The molecule has 2 unspecified atom stereocenters. The van der Waals surface area contributed by atoms with Crippen molar-refractivity contribution in [2.24, 2.45) is 7.05 Å². The van der Waals surface area contributed by atoms with Crippen LogP contribution in [-0.2, 0) is 13.5 Å². The van der Waals surface area contributed by atoms with E-state index in [0.717, 1.165) is 13.0 Å². The summed E-state index contributed by atoms with van der Waals surface area (Å²) in [7, 11) is 2.04. The Bertz CT molecular complexity index is 422. The molecule has 4 heteroatoms. The minimum atomic E-state index is 0.269. The Morgan fingerprint density at radius 2 is 2.05 bits per heavy atom. The Balaban J connectivity index is 2.06. The topological polar surface area (TPSA) is 33.1 Å². The van der Waals surface area contributed by atoms with Crippen molar-refractivity contribution in [2.45, 2.75) is 64.5 Å². The summed E-state index contributed by atoms with van der Waals surface area (Å²) in [6.07, 6.45) is 8.09. The van der Waals surface area contributed by atoms with Crippen molar-refractivity contribution >= 4 is 0 Å². The fourth-order valence-corrected chi connectivity index (χ4v) is 3.74. The quantitative estimate of drug-likeness (QED) is 0.799. The second-order valence-electron chi connectivity index (χ2n) is 6.50. The van der Waals surface area contributed by atoms with Crippen molar-refractivity contribution in [3.63, 3.8) is 0 Å². The highest BCUT2D eigenvalue weighted by molar-refractivity contribution is 5.04. The van der Waals surface area contributed by atoms with E-state index in [1.54, 1.807) is 0 Å². The number of nitrogens with zero attached hydrogens (tertiary/aromatic N) is 3. The van der Waals surface area contributed by atoms with Gasteiger partial charge in [0.15, 0.2) is 0 Å². The molecule has 0 aromatic carbocycles. The molecule has 0 spiro atoms. The van der Waals surface area contributed by atoms with E-state index in [2.05, 4.69) is 42.2 Å². The number of nitrogens with one attached hydrogen (secondary N) is 1. The molecule has 1 aromatic rings. The lowest BCUT2D eigenvalue weighted by molar-refractivity contribution is 0.0809. The van der Waals surface area contributed by atoms with Gasteiger partial charge in [-0.15, -0.1) is 0 Å². The van der Waals surface area contributed by atoms with Gasteiger partial charge in [-0.2, -0.15) is 5.10 Å². The standard InChI is InChI=1S/C17H32N4/c1-5-17(3,21-13-7-8-14-21)16(18-6-2)10-9-15-11-12-19-20(15)4/h11-12,16,18H,5-10,13-14H2,1-4H3. The number of aryl methyl sites for hydroxylation is 2. The van der Waals surface area contributed by atoms with Crippen LogP contribution >= 0.6 is 0 Å². The Hall–Kier alpha value is -0.870. The Labute approximate surface area is 129 Å². The number of aromatic nitrogens is 2. The van der Waals surface area contributed by atoms with Crippen molar-refractivity contribution in [3.8, 4) is 0 Å². The molecular weight excluding hydrogens is 260 g/mol. The molecule has 2 atom stereocenters. The second-order valence-corrected chi connectivity index (χ2v) is 6.50. The van der Waals surface area contributed by atoms with E-state index in [1.165, 1.54) is 44.5 Å². The summed E-state index contributed by atoms with van der Waals surface area (Å²) in [5.41, 5.74) is 1.60. The summed E-state index contributed by atoms with van der Waals surface area (Å²) >= 11 is 0. The molecular formula is C17H32N4. The van der Waals surface area contributed by atoms with Crippen LogP contribution < -0.4 is 5.32 Å². The summed E-state index contributed by atoms with van der Waals surface area (Å²) in [4.78, 5) is 2.71. The van der Waals surface area contributed by atoms with Gasteiger partial charge in [0.25, 0.3) is 0 Å². The number of likely N-dealkylation sites (tertiary alicyclic amines) is 1. The molecule has 0 aliphatic carbocycles. The molecule has 1 aliphatic heterocycles. The molecule has 1 N–H and O–H groups in total. The normalized spacial score (nSPS) is 20.6. The molecule has 2 rings (SSSR count). The molecule has 2 heterocycles.